The van der Waals surface area contributed by atoms with E-state index in [4.69, 9.17) is 4.74 Å². The SMILES string of the molecule is COC[C@H](NC(=O)c1ccn(S(C)(=O)=O)c1)C(=O)Nc1nc(-c2ccc3c(c2)OC(F)(F)O3)cs1. The molecule has 0 spiro atoms. The maximum Gasteiger partial charge on any atom is 0.586 e. The molecule has 3 aromatic rings. The first-order valence-corrected chi connectivity index (χ1v) is 12.5. The van der Waals surface area contributed by atoms with Crippen molar-refractivity contribution >= 4 is 38.3 Å². The van der Waals surface area contributed by atoms with Crippen LogP contribution in [0.25, 0.3) is 11.3 Å². The molecule has 35 heavy (non-hydrogen) atoms. The van der Waals surface area contributed by atoms with E-state index >= 15 is 0 Å². The van der Waals surface area contributed by atoms with Gasteiger partial charge in [-0.1, -0.05) is 0 Å². The number of hydrogen-bond acceptors (Lipinski definition) is 9. The van der Waals surface area contributed by atoms with Gasteiger partial charge in [0, 0.05) is 30.4 Å². The van der Waals surface area contributed by atoms with Crippen LogP contribution < -0.4 is 20.1 Å². The number of alkyl halides is 2. The van der Waals surface area contributed by atoms with Crippen molar-refractivity contribution in [2.45, 2.75) is 12.3 Å². The summed E-state index contributed by atoms with van der Waals surface area (Å²) in [6.07, 6.45) is -0.419. The van der Waals surface area contributed by atoms with Crippen molar-refractivity contribution in [1.82, 2.24) is 14.3 Å². The average molecular weight is 529 g/mol. The number of fused-ring (bicyclic) bond motifs is 1. The van der Waals surface area contributed by atoms with E-state index < -0.39 is 34.2 Å². The van der Waals surface area contributed by atoms with Gasteiger partial charge in [-0.3, -0.25) is 13.6 Å². The van der Waals surface area contributed by atoms with Gasteiger partial charge in [0.15, 0.2) is 16.6 Å². The number of anilines is 1. The van der Waals surface area contributed by atoms with Crippen molar-refractivity contribution < 1.29 is 41.0 Å². The molecule has 0 aliphatic carbocycles. The normalized spacial score (nSPS) is 15.0. The van der Waals surface area contributed by atoms with Crippen LogP contribution in [-0.2, 0) is 19.6 Å². The first-order chi connectivity index (χ1) is 16.4. The molecule has 1 aliphatic rings. The Balaban J connectivity index is 1.44. The van der Waals surface area contributed by atoms with Crippen LogP contribution in [0.5, 0.6) is 11.5 Å². The Morgan fingerprint density at radius 1 is 1.26 bits per heavy atom. The molecule has 2 aromatic heterocycles. The molecule has 0 fully saturated rings. The lowest BCUT2D eigenvalue weighted by molar-refractivity contribution is -0.286. The Labute approximate surface area is 201 Å². The number of carbonyl (C=O) groups is 2. The number of rotatable bonds is 8. The van der Waals surface area contributed by atoms with E-state index in [0.717, 1.165) is 27.8 Å². The van der Waals surface area contributed by atoms with Crippen LogP contribution in [0, 0.1) is 0 Å². The summed E-state index contributed by atoms with van der Waals surface area (Å²) >= 11 is 1.08. The summed E-state index contributed by atoms with van der Waals surface area (Å²) in [7, 11) is -2.22. The predicted octanol–water partition coefficient (Wildman–Crippen LogP) is 2.12. The second-order valence-electron chi connectivity index (χ2n) is 7.33. The summed E-state index contributed by atoms with van der Waals surface area (Å²) in [4.78, 5) is 29.5. The van der Waals surface area contributed by atoms with E-state index in [0.29, 0.717) is 11.3 Å². The van der Waals surface area contributed by atoms with Crippen molar-refractivity contribution in [2.24, 2.45) is 0 Å². The van der Waals surface area contributed by atoms with Crippen LogP contribution in [0.1, 0.15) is 10.4 Å². The monoisotopic (exact) mass is 528 g/mol. The molecule has 2 N–H and O–H groups in total. The number of hydrogen-bond donors (Lipinski definition) is 2. The number of aromatic nitrogens is 2. The van der Waals surface area contributed by atoms with Gasteiger partial charge in [0.2, 0.25) is 10.0 Å². The molecule has 15 heteroatoms. The van der Waals surface area contributed by atoms with Crippen molar-refractivity contribution in [1.29, 1.82) is 0 Å². The maximum atomic E-state index is 13.2. The number of amides is 2. The highest BCUT2D eigenvalue weighted by atomic mass is 32.2. The van der Waals surface area contributed by atoms with Gasteiger partial charge in [-0.25, -0.2) is 13.4 Å². The fourth-order valence-corrected chi connectivity index (χ4v) is 4.38. The van der Waals surface area contributed by atoms with Gasteiger partial charge >= 0.3 is 6.29 Å². The van der Waals surface area contributed by atoms with E-state index in [2.05, 4.69) is 25.1 Å². The highest BCUT2D eigenvalue weighted by Gasteiger charge is 2.43. The quantitative estimate of drug-likeness (QED) is 0.454. The van der Waals surface area contributed by atoms with Crippen LogP contribution in [0.4, 0.5) is 13.9 Å². The maximum absolute atomic E-state index is 13.2. The first kappa shape index (κ1) is 24.6. The smallest absolute Gasteiger partial charge is 0.395 e. The average Bonchev–Trinajstić information content (AvgIpc) is 3.49. The van der Waals surface area contributed by atoms with Crippen molar-refractivity contribution in [3.63, 3.8) is 0 Å². The van der Waals surface area contributed by atoms with Gasteiger partial charge in [0.1, 0.15) is 6.04 Å². The van der Waals surface area contributed by atoms with Crippen molar-refractivity contribution in [2.75, 3.05) is 25.3 Å². The molecule has 0 saturated heterocycles. The zero-order valence-corrected chi connectivity index (χ0v) is 19.8. The molecular weight excluding hydrogens is 510 g/mol. The topological polar surface area (TPSA) is 138 Å². The van der Waals surface area contributed by atoms with Crippen molar-refractivity contribution in [3.8, 4) is 22.8 Å². The van der Waals surface area contributed by atoms with Gasteiger partial charge in [-0.05, 0) is 24.3 Å². The van der Waals surface area contributed by atoms with Crippen LogP contribution in [0.2, 0.25) is 0 Å². The van der Waals surface area contributed by atoms with Gasteiger partial charge < -0.3 is 24.8 Å². The van der Waals surface area contributed by atoms with Crippen LogP contribution in [0.15, 0.2) is 42.0 Å². The van der Waals surface area contributed by atoms with Crippen LogP contribution >= 0.6 is 11.3 Å². The van der Waals surface area contributed by atoms with Crippen LogP contribution in [-0.4, -0.2) is 61.5 Å². The highest BCUT2D eigenvalue weighted by molar-refractivity contribution is 7.89. The third-order valence-corrected chi connectivity index (χ3v) is 6.45. The molecular formula is C20H18F2N4O7S2. The Hall–Kier alpha value is -3.56. The summed E-state index contributed by atoms with van der Waals surface area (Å²) in [6.45, 7) is -0.168. The molecule has 11 nitrogen and oxygen atoms in total. The van der Waals surface area contributed by atoms with Gasteiger partial charge in [0.05, 0.1) is 24.1 Å². The van der Waals surface area contributed by atoms with Gasteiger partial charge in [-0.15, -0.1) is 20.1 Å². The van der Waals surface area contributed by atoms with Crippen molar-refractivity contribution in [3.05, 3.63) is 47.6 Å². The number of thiazole rings is 1. The summed E-state index contributed by atoms with van der Waals surface area (Å²) in [5, 5.41) is 6.84. The zero-order valence-electron chi connectivity index (χ0n) is 18.2. The summed E-state index contributed by atoms with van der Waals surface area (Å²) in [5.74, 6) is -1.55. The third-order valence-electron chi connectivity index (χ3n) is 4.70. The Morgan fingerprint density at radius 2 is 2.00 bits per heavy atom. The molecule has 1 aliphatic heterocycles. The molecule has 0 saturated carbocycles. The molecule has 1 aromatic carbocycles. The molecule has 2 amide bonds. The molecule has 0 unspecified atom stereocenters. The minimum atomic E-state index is -3.74. The highest BCUT2D eigenvalue weighted by Crippen LogP contribution is 2.43. The Morgan fingerprint density at radius 3 is 2.69 bits per heavy atom. The number of nitrogens with zero attached hydrogens (tertiary/aromatic N) is 2. The first-order valence-electron chi connectivity index (χ1n) is 9.80. The molecule has 0 bridgehead atoms. The number of nitrogens with one attached hydrogen (secondary N) is 2. The van der Waals surface area contributed by atoms with E-state index in [1.54, 1.807) is 5.38 Å². The van der Waals surface area contributed by atoms with E-state index in [-0.39, 0.29) is 28.8 Å². The number of methoxy groups -OCH3 is 1. The summed E-state index contributed by atoms with van der Waals surface area (Å²) in [6, 6.07) is 4.36. The second kappa shape index (κ2) is 9.24. The molecule has 0 radical (unpaired) electrons. The lowest BCUT2D eigenvalue weighted by Crippen LogP contribution is -2.46. The molecule has 186 valence electrons. The van der Waals surface area contributed by atoms with Gasteiger partial charge in [0.25, 0.3) is 11.8 Å². The summed E-state index contributed by atoms with van der Waals surface area (Å²) < 4.78 is 64.3. The number of ether oxygens (including phenoxy) is 3. The Bertz CT molecular complexity index is 1390. The summed E-state index contributed by atoms with van der Waals surface area (Å²) in [5.41, 5.74) is 0.884. The van der Waals surface area contributed by atoms with E-state index in [9.17, 15) is 26.8 Å². The standard InChI is InChI=1S/C20H18F2N4O7S2/c1-31-9-13(23-17(27)12-5-6-26(8-12)35(2,29)30)18(28)25-19-24-14(10-34-19)11-3-4-15-16(7-11)33-20(21,22)32-15/h3-8,10,13H,9H2,1-2H3,(H,23,27)(H,24,25,28)/t13-/m0/s1. The van der Waals surface area contributed by atoms with E-state index in [1.807, 2.05) is 0 Å². The minimum Gasteiger partial charge on any atom is -0.395 e. The lowest BCUT2D eigenvalue weighted by Gasteiger charge is -2.16. The third kappa shape index (κ3) is 5.58. The predicted molar refractivity (Wildman–Crippen MR) is 120 cm³/mol. The minimum absolute atomic E-state index is 0.0363. The number of carbonyl (C=O) groups excluding carboxylic acids is 2. The second-order valence-corrected chi connectivity index (χ2v) is 10.1. The Kier molecular flexibility index (Phi) is 6.48. The number of halogens is 2. The van der Waals surface area contributed by atoms with Crippen LogP contribution in [0.3, 0.4) is 0 Å². The zero-order chi connectivity index (χ0) is 25.4. The molecule has 1 atom stereocenters. The van der Waals surface area contributed by atoms with Gasteiger partial charge in [-0.2, -0.15) is 0 Å². The molecule has 4 rings (SSSR count). The fraction of sp³-hybridized carbons (Fsp3) is 0.250. The number of benzene rings is 1. The molecule has 3 heterocycles. The fourth-order valence-electron chi connectivity index (χ4n) is 3.07. The van der Waals surface area contributed by atoms with E-state index in [1.165, 1.54) is 37.6 Å². The lowest BCUT2D eigenvalue weighted by atomic mass is 10.1. The largest absolute Gasteiger partial charge is 0.586 e.